The third kappa shape index (κ3) is 5.60. The zero-order valence-electron chi connectivity index (χ0n) is 17.1. The second-order valence-corrected chi connectivity index (χ2v) is 9.76. The third-order valence-corrected chi connectivity index (χ3v) is 4.86. The van der Waals surface area contributed by atoms with Crippen molar-refractivity contribution in [1.29, 1.82) is 0 Å². The molecule has 166 valence electrons. The van der Waals surface area contributed by atoms with Crippen molar-refractivity contribution in [2.24, 2.45) is 4.36 Å². The number of aromatic nitrogens is 2. The van der Waals surface area contributed by atoms with Gasteiger partial charge in [0.1, 0.15) is 23.7 Å². The minimum atomic E-state index is -4.61. The SMILES string of the molecule is Cc1cc(N=S(C)(C)=O)cc2ncnc(Nc3ccc(F)cc3O[C@H](C)C(F)(F)F)c12. The van der Waals surface area contributed by atoms with E-state index in [2.05, 4.69) is 19.6 Å². The Labute approximate surface area is 176 Å². The molecule has 2 aromatic carbocycles. The molecule has 31 heavy (non-hydrogen) atoms. The summed E-state index contributed by atoms with van der Waals surface area (Å²) >= 11 is 0. The molecule has 3 aromatic rings. The van der Waals surface area contributed by atoms with Crippen molar-refractivity contribution < 1.29 is 26.5 Å². The Morgan fingerprint density at radius 2 is 1.87 bits per heavy atom. The van der Waals surface area contributed by atoms with Crippen LogP contribution in [0, 0.1) is 12.7 Å². The van der Waals surface area contributed by atoms with Crippen LogP contribution in [0.2, 0.25) is 0 Å². The van der Waals surface area contributed by atoms with E-state index in [-0.39, 0.29) is 11.4 Å². The molecule has 0 saturated heterocycles. The first-order valence-electron chi connectivity index (χ1n) is 9.06. The fourth-order valence-corrected chi connectivity index (χ4v) is 3.47. The Bertz CT molecular complexity index is 1250. The summed E-state index contributed by atoms with van der Waals surface area (Å²) in [7, 11) is -2.38. The highest BCUT2D eigenvalue weighted by Gasteiger charge is 2.38. The van der Waals surface area contributed by atoms with Crippen LogP contribution in [0.3, 0.4) is 0 Å². The maximum Gasteiger partial charge on any atom is 0.425 e. The number of benzene rings is 2. The summed E-state index contributed by atoms with van der Waals surface area (Å²) in [6.07, 6.45) is -2.46. The molecule has 0 unspecified atom stereocenters. The van der Waals surface area contributed by atoms with Crippen LogP contribution in [0.15, 0.2) is 41.0 Å². The van der Waals surface area contributed by atoms with Crippen LogP contribution in [0.25, 0.3) is 10.9 Å². The molecule has 0 amide bonds. The number of hydrogen-bond acceptors (Lipinski definition) is 6. The lowest BCUT2D eigenvalue weighted by molar-refractivity contribution is -0.189. The molecule has 1 N–H and O–H groups in total. The Balaban J connectivity index is 2.06. The number of hydrogen-bond donors (Lipinski definition) is 1. The quantitative estimate of drug-likeness (QED) is 0.513. The van der Waals surface area contributed by atoms with E-state index in [9.17, 15) is 21.8 Å². The van der Waals surface area contributed by atoms with Crippen LogP contribution in [0.1, 0.15) is 12.5 Å². The maximum absolute atomic E-state index is 13.7. The molecule has 0 bridgehead atoms. The molecule has 0 aliphatic heterocycles. The number of halogens is 4. The highest BCUT2D eigenvalue weighted by Crippen LogP contribution is 2.35. The Morgan fingerprint density at radius 3 is 2.52 bits per heavy atom. The number of rotatable bonds is 5. The van der Waals surface area contributed by atoms with Gasteiger partial charge in [-0.15, -0.1) is 0 Å². The summed E-state index contributed by atoms with van der Waals surface area (Å²) < 4.78 is 73.6. The van der Waals surface area contributed by atoms with Gasteiger partial charge in [0.25, 0.3) is 0 Å². The van der Waals surface area contributed by atoms with Gasteiger partial charge < -0.3 is 10.1 Å². The average Bonchev–Trinajstić information content (AvgIpc) is 2.61. The van der Waals surface area contributed by atoms with Crippen LogP contribution >= 0.6 is 0 Å². The molecule has 1 aromatic heterocycles. The van der Waals surface area contributed by atoms with Crippen LogP contribution in [-0.2, 0) is 9.73 Å². The monoisotopic (exact) mass is 456 g/mol. The van der Waals surface area contributed by atoms with Crippen molar-refractivity contribution in [1.82, 2.24) is 9.97 Å². The first kappa shape index (κ1) is 22.7. The Hall–Kier alpha value is -2.95. The summed E-state index contributed by atoms with van der Waals surface area (Å²) in [4.78, 5) is 8.39. The highest BCUT2D eigenvalue weighted by atomic mass is 32.2. The summed E-state index contributed by atoms with van der Waals surface area (Å²) in [5.41, 5.74) is 1.79. The van der Waals surface area contributed by atoms with E-state index in [1.165, 1.54) is 24.9 Å². The van der Waals surface area contributed by atoms with E-state index in [4.69, 9.17) is 4.74 Å². The molecule has 0 saturated carbocycles. The summed E-state index contributed by atoms with van der Waals surface area (Å²) in [5, 5.41) is 3.49. The summed E-state index contributed by atoms with van der Waals surface area (Å²) in [5.74, 6) is -0.760. The van der Waals surface area contributed by atoms with Crippen molar-refractivity contribution in [3.63, 3.8) is 0 Å². The van der Waals surface area contributed by atoms with Gasteiger partial charge in [-0.3, -0.25) is 0 Å². The molecule has 0 spiro atoms. The van der Waals surface area contributed by atoms with Crippen molar-refractivity contribution in [2.75, 3.05) is 17.8 Å². The summed E-state index contributed by atoms with van der Waals surface area (Å²) in [6.45, 7) is 2.61. The normalized spacial score (nSPS) is 13.2. The Morgan fingerprint density at radius 1 is 1.16 bits per heavy atom. The number of nitrogens with one attached hydrogen (secondary N) is 1. The highest BCUT2D eigenvalue weighted by molar-refractivity contribution is 7.92. The third-order valence-electron chi connectivity index (χ3n) is 4.21. The van der Waals surface area contributed by atoms with E-state index < -0.39 is 27.8 Å². The predicted octanol–water partition coefficient (Wildman–Crippen LogP) is 5.51. The van der Waals surface area contributed by atoms with Gasteiger partial charge in [-0.2, -0.15) is 17.5 Å². The standard InChI is InChI=1S/C20H20F4N4O2S/c1-11-7-14(28-31(3,4)29)9-16-18(11)19(26-10-25-16)27-15-6-5-13(21)8-17(15)30-12(2)20(22,23)24/h5-10,12H,1-4H3,(H,25,26,27)/t12-/m1/s1. The van der Waals surface area contributed by atoms with Gasteiger partial charge in [-0.25, -0.2) is 18.6 Å². The van der Waals surface area contributed by atoms with E-state index in [0.29, 0.717) is 28.0 Å². The molecular formula is C20H20F4N4O2S. The van der Waals surface area contributed by atoms with Gasteiger partial charge in [0.2, 0.25) is 0 Å². The number of fused-ring (bicyclic) bond motifs is 1. The molecule has 0 radical (unpaired) electrons. The average molecular weight is 456 g/mol. The van der Waals surface area contributed by atoms with Crippen LogP contribution in [0.5, 0.6) is 5.75 Å². The van der Waals surface area contributed by atoms with E-state index in [1.54, 1.807) is 19.1 Å². The second kappa shape index (κ2) is 8.29. The molecule has 3 rings (SSSR count). The van der Waals surface area contributed by atoms with Crippen molar-refractivity contribution in [2.45, 2.75) is 26.1 Å². The minimum Gasteiger partial charge on any atom is -0.479 e. The maximum atomic E-state index is 13.7. The molecule has 1 atom stereocenters. The van der Waals surface area contributed by atoms with Gasteiger partial charge in [-0.1, -0.05) is 0 Å². The lowest BCUT2D eigenvalue weighted by Crippen LogP contribution is -2.31. The topological polar surface area (TPSA) is 76.5 Å². The lowest BCUT2D eigenvalue weighted by Gasteiger charge is -2.20. The number of aryl methyl sites for hydroxylation is 1. The van der Waals surface area contributed by atoms with Gasteiger partial charge in [0.05, 0.1) is 16.9 Å². The molecule has 0 fully saturated rings. The zero-order valence-corrected chi connectivity index (χ0v) is 17.9. The molecule has 11 heteroatoms. The molecule has 6 nitrogen and oxygen atoms in total. The lowest BCUT2D eigenvalue weighted by atomic mass is 10.1. The largest absolute Gasteiger partial charge is 0.479 e. The molecule has 1 heterocycles. The van der Waals surface area contributed by atoms with Crippen LogP contribution in [0.4, 0.5) is 34.8 Å². The first-order valence-corrected chi connectivity index (χ1v) is 11.4. The number of alkyl halides is 3. The second-order valence-electron chi connectivity index (χ2n) is 7.22. The fraction of sp³-hybridized carbons (Fsp3) is 0.300. The first-order chi connectivity index (χ1) is 14.3. The van der Waals surface area contributed by atoms with Crippen molar-refractivity contribution in [3.8, 4) is 5.75 Å². The van der Waals surface area contributed by atoms with Crippen LogP contribution in [-0.4, -0.2) is 39.0 Å². The minimum absolute atomic E-state index is 0.107. The van der Waals surface area contributed by atoms with Crippen molar-refractivity contribution >= 4 is 37.8 Å². The molecular weight excluding hydrogens is 436 g/mol. The number of anilines is 2. The van der Waals surface area contributed by atoms with Gasteiger partial charge in [-0.05, 0) is 43.7 Å². The van der Waals surface area contributed by atoms with E-state index in [0.717, 1.165) is 19.1 Å². The van der Waals surface area contributed by atoms with Gasteiger partial charge in [0, 0.05) is 33.7 Å². The predicted molar refractivity (Wildman–Crippen MR) is 112 cm³/mol. The summed E-state index contributed by atoms with van der Waals surface area (Å²) in [6, 6.07) is 6.58. The Kier molecular flexibility index (Phi) is 6.08. The molecule has 0 aliphatic carbocycles. The zero-order chi connectivity index (χ0) is 23.0. The molecule has 0 aliphatic rings. The fourth-order valence-electron chi connectivity index (χ4n) is 2.86. The number of nitrogens with zero attached hydrogens (tertiary/aromatic N) is 3. The van der Waals surface area contributed by atoms with Gasteiger partial charge in [0.15, 0.2) is 6.10 Å². The van der Waals surface area contributed by atoms with E-state index >= 15 is 0 Å². The van der Waals surface area contributed by atoms with E-state index in [1.807, 2.05) is 0 Å². The van der Waals surface area contributed by atoms with Crippen LogP contribution < -0.4 is 10.1 Å². The smallest absolute Gasteiger partial charge is 0.425 e. The van der Waals surface area contributed by atoms with Gasteiger partial charge >= 0.3 is 6.18 Å². The van der Waals surface area contributed by atoms with Crippen molar-refractivity contribution in [3.05, 3.63) is 48.0 Å². The number of ether oxygens (including phenoxy) is 1.